The lowest BCUT2D eigenvalue weighted by molar-refractivity contribution is -0.136. The molecular formula is C22H32N2O3. The summed E-state index contributed by atoms with van der Waals surface area (Å²) >= 11 is 0. The molecule has 2 aliphatic heterocycles. The lowest BCUT2D eigenvalue weighted by atomic mass is 9.89. The number of amides is 2. The summed E-state index contributed by atoms with van der Waals surface area (Å²) in [4.78, 5) is 27.8. The molecule has 2 aliphatic rings. The molecule has 0 radical (unpaired) electrons. The van der Waals surface area contributed by atoms with Crippen LogP contribution in [-0.4, -0.2) is 59.5 Å². The van der Waals surface area contributed by atoms with Gasteiger partial charge in [0, 0.05) is 32.6 Å². The minimum atomic E-state index is -0.399. The number of carbonyl (C=O) groups is 2. The Hall–Kier alpha value is -1.88. The van der Waals surface area contributed by atoms with Crippen molar-refractivity contribution in [3.63, 3.8) is 0 Å². The molecule has 148 valence electrons. The molecule has 0 unspecified atom stereocenters. The number of hydrogen-bond donors (Lipinski definition) is 1. The van der Waals surface area contributed by atoms with Crippen molar-refractivity contribution < 1.29 is 14.7 Å². The van der Waals surface area contributed by atoms with E-state index in [1.165, 1.54) is 5.56 Å². The summed E-state index contributed by atoms with van der Waals surface area (Å²) in [6.07, 6.45) is 6.75. The second-order valence-electron chi connectivity index (χ2n) is 8.03. The van der Waals surface area contributed by atoms with Gasteiger partial charge in [-0.05, 0) is 55.9 Å². The molecule has 1 aromatic rings. The highest BCUT2D eigenvalue weighted by molar-refractivity contribution is 5.77. The van der Waals surface area contributed by atoms with E-state index < -0.39 is 6.61 Å². The SMILES string of the molecule is O=C(CO)N1CCC(CCC(=O)N2CCC(Cc3ccccc3)CC2)CC1. The van der Waals surface area contributed by atoms with E-state index in [0.717, 1.165) is 51.6 Å². The quantitative estimate of drug-likeness (QED) is 0.834. The van der Waals surface area contributed by atoms with Gasteiger partial charge in [-0.3, -0.25) is 9.59 Å². The van der Waals surface area contributed by atoms with E-state index in [1.807, 2.05) is 4.90 Å². The van der Waals surface area contributed by atoms with Crippen LogP contribution >= 0.6 is 0 Å². The number of nitrogens with zero attached hydrogens (tertiary/aromatic N) is 2. The third-order valence-electron chi connectivity index (χ3n) is 6.20. The van der Waals surface area contributed by atoms with E-state index >= 15 is 0 Å². The normalized spacial score (nSPS) is 19.3. The molecule has 5 nitrogen and oxygen atoms in total. The van der Waals surface area contributed by atoms with Gasteiger partial charge in [0.2, 0.25) is 11.8 Å². The fraction of sp³-hybridized carbons (Fsp3) is 0.636. The highest BCUT2D eigenvalue weighted by atomic mass is 16.3. The Kier molecular flexibility index (Phi) is 7.27. The molecule has 0 aliphatic carbocycles. The lowest BCUT2D eigenvalue weighted by Crippen LogP contribution is -2.41. The van der Waals surface area contributed by atoms with E-state index in [-0.39, 0.29) is 5.91 Å². The van der Waals surface area contributed by atoms with Crippen LogP contribution in [0.5, 0.6) is 0 Å². The molecule has 0 atom stereocenters. The summed E-state index contributed by atoms with van der Waals surface area (Å²) in [5, 5.41) is 8.93. The van der Waals surface area contributed by atoms with Crippen molar-refractivity contribution in [3.05, 3.63) is 35.9 Å². The van der Waals surface area contributed by atoms with Crippen LogP contribution in [0.15, 0.2) is 30.3 Å². The first-order valence-electron chi connectivity index (χ1n) is 10.4. The van der Waals surface area contributed by atoms with Crippen LogP contribution < -0.4 is 0 Å². The van der Waals surface area contributed by atoms with Crippen LogP contribution in [0.25, 0.3) is 0 Å². The molecule has 2 heterocycles. The molecule has 0 bridgehead atoms. The fourth-order valence-electron chi connectivity index (χ4n) is 4.39. The first-order valence-corrected chi connectivity index (χ1v) is 10.4. The topological polar surface area (TPSA) is 60.9 Å². The van der Waals surface area contributed by atoms with Crippen LogP contribution in [0.3, 0.4) is 0 Å². The largest absolute Gasteiger partial charge is 0.387 e. The van der Waals surface area contributed by atoms with Gasteiger partial charge < -0.3 is 14.9 Å². The van der Waals surface area contributed by atoms with Crippen LogP contribution in [0.4, 0.5) is 0 Å². The van der Waals surface area contributed by atoms with Crippen molar-refractivity contribution in [1.29, 1.82) is 0 Å². The van der Waals surface area contributed by atoms with Crippen molar-refractivity contribution in [2.45, 2.75) is 44.9 Å². The highest BCUT2D eigenvalue weighted by Crippen LogP contribution is 2.25. The standard InChI is InChI=1S/C22H32N2O3/c25-17-22(27)24-12-8-18(9-13-24)6-7-21(26)23-14-10-20(11-15-23)16-19-4-2-1-3-5-19/h1-5,18,20,25H,6-17H2. The maximum Gasteiger partial charge on any atom is 0.248 e. The lowest BCUT2D eigenvalue weighted by Gasteiger charge is -2.34. The number of likely N-dealkylation sites (tertiary alicyclic amines) is 2. The average molecular weight is 373 g/mol. The van der Waals surface area contributed by atoms with E-state index in [9.17, 15) is 9.59 Å². The summed E-state index contributed by atoms with van der Waals surface area (Å²) in [5.74, 6) is 1.32. The van der Waals surface area contributed by atoms with Gasteiger partial charge >= 0.3 is 0 Å². The van der Waals surface area contributed by atoms with Crippen molar-refractivity contribution in [2.24, 2.45) is 11.8 Å². The molecule has 0 aromatic heterocycles. The molecule has 2 amide bonds. The van der Waals surface area contributed by atoms with Gasteiger partial charge in [0.15, 0.2) is 0 Å². The van der Waals surface area contributed by atoms with E-state index in [4.69, 9.17) is 5.11 Å². The molecule has 1 N–H and O–H groups in total. The van der Waals surface area contributed by atoms with Gasteiger partial charge in [-0.25, -0.2) is 0 Å². The Balaban J connectivity index is 1.33. The van der Waals surface area contributed by atoms with E-state index in [0.29, 0.717) is 37.3 Å². The summed E-state index contributed by atoms with van der Waals surface area (Å²) in [7, 11) is 0. The Morgan fingerprint density at radius 3 is 2.00 bits per heavy atom. The molecule has 2 fully saturated rings. The van der Waals surface area contributed by atoms with Crippen molar-refractivity contribution in [1.82, 2.24) is 9.80 Å². The first-order chi connectivity index (χ1) is 13.2. The van der Waals surface area contributed by atoms with Crippen LogP contribution in [0, 0.1) is 11.8 Å². The second kappa shape index (κ2) is 9.88. The van der Waals surface area contributed by atoms with Gasteiger partial charge in [-0.15, -0.1) is 0 Å². The number of aliphatic hydroxyl groups excluding tert-OH is 1. The summed E-state index contributed by atoms with van der Waals surface area (Å²) in [5.41, 5.74) is 1.40. The fourth-order valence-corrected chi connectivity index (χ4v) is 4.39. The third-order valence-corrected chi connectivity index (χ3v) is 6.20. The van der Waals surface area contributed by atoms with Crippen molar-refractivity contribution in [2.75, 3.05) is 32.8 Å². The Morgan fingerprint density at radius 2 is 1.41 bits per heavy atom. The predicted molar refractivity (Wildman–Crippen MR) is 105 cm³/mol. The van der Waals surface area contributed by atoms with Crippen LogP contribution in [-0.2, 0) is 16.0 Å². The van der Waals surface area contributed by atoms with Crippen molar-refractivity contribution >= 4 is 11.8 Å². The van der Waals surface area contributed by atoms with Gasteiger partial charge in [-0.2, -0.15) is 0 Å². The third kappa shape index (κ3) is 5.80. The van der Waals surface area contributed by atoms with Gasteiger partial charge in [-0.1, -0.05) is 30.3 Å². The molecule has 2 saturated heterocycles. The Labute approximate surface area is 162 Å². The molecule has 1 aromatic carbocycles. The number of aliphatic hydroxyl groups is 1. The number of carbonyl (C=O) groups excluding carboxylic acids is 2. The highest BCUT2D eigenvalue weighted by Gasteiger charge is 2.25. The first kappa shape index (κ1) is 19.9. The molecule has 3 rings (SSSR count). The van der Waals surface area contributed by atoms with Gasteiger partial charge in [0.25, 0.3) is 0 Å². The molecule has 0 spiro atoms. The summed E-state index contributed by atoms with van der Waals surface area (Å²) in [6.45, 7) is 2.80. The minimum absolute atomic E-state index is 0.178. The zero-order valence-corrected chi connectivity index (χ0v) is 16.2. The van der Waals surface area contributed by atoms with Gasteiger partial charge in [0.1, 0.15) is 6.61 Å². The Morgan fingerprint density at radius 1 is 0.852 bits per heavy atom. The molecular weight excluding hydrogens is 340 g/mol. The Bertz CT molecular complexity index is 603. The van der Waals surface area contributed by atoms with E-state index in [1.54, 1.807) is 4.90 Å². The predicted octanol–water partition coefficient (Wildman–Crippen LogP) is 2.48. The monoisotopic (exact) mass is 372 g/mol. The van der Waals surface area contributed by atoms with Crippen molar-refractivity contribution in [3.8, 4) is 0 Å². The number of piperidine rings is 2. The van der Waals surface area contributed by atoms with Crippen LogP contribution in [0.2, 0.25) is 0 Å². The zero-order valence-electron chi connectivity index (χ0n) is 16.2. The van der Waals surface area contributed by atoms with Gasteiger partial charge in [0.05, 0.1) is 0 Å². The maximum absolute atomic E-state index is 12.6. The minimum Gasteiger partial charge on any atom is -0.387 e. The molecule has 5 heteroatoms. The summed E-state index contributed by atoms with van der Waals surface area (Å²) < 4.78 is 0. The number of rotatable bonds is 6. The second-order valence-corrected chi connectivity index (χ2v) is 8.03. The summed E-state index contributed by atoms with van der Waals surface area (Å²) in [6, 6.07) is 10.6. The smallest absolute Gasteiger partial charge is 0.248 e. The van der Waals surface area contributed by atoms with Crippen LogP contribution in [0.1, 0.15) is 44.1 Å². The zero-order chi connectivity index (χ0) is 19.1. The molecule has 27 heavy (non-hydrogen) atoms. The number of benzene rings is 1. The number of hydrogen-bond acceptors (Lipinski definition) is 3. The average Bonchev–Trinajstić information content (AvgIpc) is 2.73. The maximum atomic E-state index is 12.6. The van der Waals surface area contributed by atoms with E-state index in [2.05, 4.69) is 30.3 Å². The molecule has 0 saturated carbocycles.